The SMILES string of the molecule is C=C1Cc2nc(C)c(C)n2C1=O. The number of nitrogens with zero attached hydrogens (tertiary/aromatic N) is 2. The van der Waals surface area contributed by atoms with Crippen molar-refractivity contribution in [2.24, 2.45) is 0 Å². The van der Waals surface area contributed by atoms with Crippen molar-refractivity contribution < 1.29 is 4.79 Å². The van der Waals surface area contributed by atoms with Crippen LogP contribution < -0.4 is 0 Å². The van der Waals surface area contributed by atoms with Gasteiger partial charge >= 0.3 is 0 Å². The summed E-state index contributed by atoms with van der Waals surface area (Å²) in [6, 6.07) is 0. The Morgan fingerprint density at radius 1 is 1.50 bits per heavy atom. The van der Waals surface area contributed by atoms with Crippen LogP contribution in [0.25, 0.3) is 0 Å². The first-order valence-electron chi connectivity index (χ1n) is 3.88. The van der Waals surface area contributed by atoms with Crippen LogP contribution in [0.1, 0.15) is 22.0 Å². The van der Waals surface area contributed by atoms with E-state index >= 15 is 0 Å². The second-order valence-electron chi connectivity index (χ2n) is 3.12. The maximum atomic E-state index is 11.5. The van der Waals surface area contributed by atoms with Gasteiger partial charge in [-0.05, 0) is 13.8 Å². The number of allylic oxidation sites excluding steroid dienone is 1. The Hall–Kier alpha value is -1.38. The van der Waals surface area contributed by atoms with Gasteiger partial charge in [0.1, 0.15) is 5.82 Å². The first kappa shape index (κ1) is 7.28. The molecule has 0 atom stereocenters. The molecule has 0 N–H and O–H groups in total. The van der Waals surface area contributed by atoms with Crippen molar-refractivity contribution in [3.63, 3.8) is 0 Å². The molecule has 0 radical (unpaired) electrons. The normalized spacial score (nSPS) is 15.5. The number of imidazole rings is 1. The molecule has 62 valence electrons. The van der Waals surface area contributed by atoms with Crippen molar-refractivity contribution in [3.05, 3.63) is 29.4 Å². The van der Waals surface area contributed by atoms with E-state index in [1.54, 1.807) is 4.57 Å². The summed E-state index contributed by atoms with van der Waals surface area (Å²) in [4.78, 5) is 15.7. The number of carbonyl (C=O) groups excluding carboxylic acids is 1. The lowest BCUT2D eigenvalue weighted by atomic mass is 10.2. The number of hydrogen-bond acceptors (Lipinski definition) is 2. The Bertz CT molecular complexity index is 387. The Kier molecular flexibility index (Phi) is 1.25. The van der Waals surface area contributed by atoms with Crippen LogP contribution in [-0.2, 0) is 6.42 Å². The van der Waals surface area contributed by atoms with E-state index in [0.717, 1.165) is 17.2 Å². The highest BCUT2D eigenvalue weighted by atomic mass is 16.2. The summed E-state index contributed by atoms with van der Waals surface area (Å²) in [6.07, 6.45) is 0.605. The minimum atomic E-state index is 0.00287. The van der Waals surface area contributed by atoms with Crippen molar-refractivity contribution >= 4 is 5.91 Å². The minimum absolute atomic E-state index is 0.00287. The summed E-state index contributed by atoms with van der Waals surface area (Å²) in [7, 11) is 0. The first-order chi connectivity index (χ1) is 5.61. The van der Waals surface area contributed by atoms with Crippen LogP contribution in [0.3, 0.4) is 0 Å². The van der Waals surface area contributed by atoms with E-state index in [1.165, 1.54) is 0 Å². The van der Waals surface area contributed by atoms with Gasteiger partial charge < -0.3 is 0 Å². The molecule has 0 aliphatic carbocycles. The Morgan fingerprint density at radius 2 is 2.17 bits per heavy atom. The van der Waals surface area contributed by atoms with Crippen LogP contribution in [-0.4, -0.2) is 15.5 Å². The molecule has 0 aromatic carbocycles. The molecule has 12 heavy (non-hydrogen) atoms. The quantitative estimate of drug-likeness (QED) is 0.538. The van der Waals surface area contributed by atoms with Gasteiger partial charge in [-0.15, -0.1) is 0 Å². The summed E-state index contributed by atoms with van der Waals surface area (Å²) in [5, 5.41) is 0. The zero-order chi connectivity index (χ0) is 8.88. The molecule has 2 heterocycles. The molecule has 0 bridgehead atoms. The number of hydrogen-bond donors (Lipinski definition) is 0. The van der Waals surface area contributed by atoms with Gasteiger partial charge in [0.2, 0.25) is 0 Å². The van der Waals surface area contributed by atoms with Crippen LogP contribution in [0.5, 0.6) is 0 Å². The maximum absolute atomic E-state index is 11.5. The van der Waals surface area contributed by atoms with Gasteiger partial charge in [-0.2, -0.15) is 0 Å². The van der Waals surface area contributed by atoms with E-state index in [2.05, 4.69) is 11.6 Å². The van der Waals surface area contributed by atoms with Gasteiger partial charge in [0.25, 0.3) is 5.91 Å². The Balaban J connectivity index is 2.68. The van der Waals surface area contributed by atoms with Gasteiger partial charge in [-0.25, -0.2) is 4.98 Å². The van der Waals surface area contributed by atoms with Gasteiger partial charge in [0.05, 0.1) is 5.69 Å². The van der Waals surface area contributed by atoms with Crippen LogP contribution in [0, 0.1) is 13.8 Å². The molecule has 0 spiro atoms. The van der Waals surface area contributed by atoms with Crippen molar-refractivity contribution in [2.75, 3.05) is 0 Å². The molecule has 0 unspecified atom stereocenters. The zero-order valence-corrected chi connectivity index (χ0v) is 7.22. The number of rotatable bonds is 0. The van der Waals surface area contributed by atoms with Crippen molar-refractivity contribution in [2.45, 2.75) is 20.3 Å². The standard InChI is InChI=1S/C9H10N2O/c1-5-4-8-10-6(2)7(3)11(8)9(5)12/h1,4H2,2-3H3. The first-order valence-corrected chi connectivity index (χ1v) is 3.88. The lowest BCUT2D eigenvalue weighted by molar-refractivity contribution is 0.0964. The van der Waals surface area contributed by atoms with Crippen molar-refractivity contribution in [3.8, 4) is 0 Å². The minimum Gasteiger partial charge on any atom is -0.269 e. The molecule has 1 aromatic heterocycles. The summed E-state index contributed by atoms with van der Waals surface area (Å²) >= 11 is 0. The molecule has 1 aliphatic heterocycles. The van der Waals surface area contributed by atoms with Crippen LogP contribution in [0.4, 0.5) is 0 Å². The van der Waals surface area contributed by atoms with E-state index in [9.17, 15) is 4.79 Å². The smallest absolute Gasteiger partial charge is 0.259 e. The second-order valence-corrected chi connectivity index (χ2v) is 3.12. The van der Waals surface area contributed by atoms with Gasteiger partial charge in [-0.3, -0.25) is 9.36 Å². The third-order valence-electron chi connectivity index (χ3n) is 2.29. The fourth-order valence-corrected chi connectivity index (χ4v) is 1.49. The summed E-state index contributed by atoms with van der Waals surface area (Å²) < 4.78 is 1.65. The van der Waals surface area contributed by atoms with Gasteiger partial charge in [-0.1, -0.05) is 6.58 Å². The molecule has 0 saturated carbocycles. The molecular weight excluding hydrogens is 152 g/mol. The third-order valence-corrected chi connectivity index (χ3v) is 2.29. The fourth-order valence-electron chi connectivity index (χ4n) is 1.49. The van der Waals surface area contributed by atoms with E-state index < -0.39 is 0 Å². The molecule has 1 aromatic rings. The van der Waals surface area contributed by atoms with Crippen molar-refractivity contribution in [1.29, 1.82) is 0 Å². The summed E-state index contributed by atoms with van der Waals surface area (Å²) in [5.41, 5.74) is 2.51. The van der Waals surface area contributed by atoms with E-state index in [4.69, 9.17) is 0 Å². The molecule has 0 amide bonds. The fraction of sp³-hybridized carbons (Fsp3) is 0.333. The van der Waals surface area contributed by atoms with Gasteiger partial charge in [0, 0.05) is 17.7 Å². The highest BCUT2D eigenvalue weighted by molar-refractivity contribution is 5.98. The number of aromatic nitrogens is 2. The molecule has 0 fully saturated rings. The molecule has 0 saturated heterocycles. The Morgan fingerprint density at radius 3 is 2.75 bits per heavy atom. The van der Waals surface area contributed by atoms with Crippen LogP contribution >= 0.6 is 0 Å². The van der Waals surface area contributed by atoms with Crippen molar-refractivity contribution in [1.82, 2.24) is 9.55 Å². The van der Waals surface area contributed by atoms with E-state index in [1.807, 2.05) is 13.8 Å². The van der Waals surface area contributed by atoms with Crippen LogP contribution in [0.2, 0.25) is 0 Å². The molecule has 2 rings (SSSR count). The van der Waals surface area contributed by atoms with Crippen LogP contribution in [0.15, 0.2) is 12.2 Å². The zero-order valence-electron chi connectivity index (χ0n) is 7.22. The highest BCUT2D eigenvalue weighted by Crippen LogP contribution is 2.21. The summed E-state index contributed by atoms with van der Waals surface area (Å²) in [6.45, 7) is 7.50. The monoisotopic (exact) mass is 162 g/mol. The maximum Gasteiger partial charge on any atom is 0.259 e. The largest absolute Gasteiger partial charge is 0.269 e. The molecular formula is C9H10N2O. The predicted octanol–water partition coefficient (Wildman–Crippen LogP) is 1.25. The molecule has 1 aliphatic rings. The third kappa shape index (κ3) is 0.706. The average Bonchev–Trinajstić information content (AvgIpc) is 2.40. The van der Waals surface area contributed by atoms with E-state index in [0.29, 0.717) is 12.0 Å². The molecule has 3 nitrogen and oxygen atoms in total. The topological polar surface area (TPSA) is 34.9 Å². The summed E-state index contributed by atoms with van der Waals surface area (Å²) in [5.74, 6) is 0.836. The number of carbonyl (C=O) groups is 1. The average molecular weight is 162 g/mol. The van der Waals surface area contributed by atoms with Gasteiger partial charge in [0.15, 0.2) is 0 Å². The lowest BCUT2D eigenvalue weighted by Crippen LogP contribution is -2.07. The number of aryl methyl sites for hydroxylation is 1. The lowest BCUT2D eigenvalue weighted by Gasteiger charge is -1.96. The highest BCUT2D eigenvalue weighted by Gasteiger charge is 2.26. The predicted molar refractivity (Wildman–Crippen MR) is 45.2 cm³/mol. The second kappa shape index (κ2) is 2.06. The molecule has 3 heteroatoms. The van der Waals surface area contributed by atoms with E-state index in [-0.39, 0.29) is 5.91 Å². The number of fused-ring (bicyclic) bond motifs is 1. The Labute approximate surface area is 70.7 Å².